The zero-order chi connectivity index (χ0) is 16.2. The van der Waals surface area contributed by atoms with Crippen LogP contribution in [-0.2, 0) is 4.74 Å². The molecule has 1 aromatic heterocycles. The van der Waals surface area contributed by atoms with Gasteiger partial charge in [-0.3, -0.25) is 4.90 Å². The maximum absolute atomic E-state index is 12.3. The van der Waals surface area contributed by atoms with E-state index in [4.69, 9.17) is 4.74 Å². The first-order valence-corrected chi connectivity index (χ1v) is 9.30. The Morgan fingerprint density at radius 3 is 3.04 bits per heavy atom. The molecule has 0 aromatic carbocycles. The van der Waals surface area contributed by atoms with Gasteiger partial charge in [-0.15, -0.1) is 11.3 Å². The number of amides is 2. The second-order valence-corrected chi connectivity index (χ2v) is 7.48. The third-order valence-electron chi connectivity index (χ3n) is 4.64. The van der Waals surface area contributed by atoms with E-state index in [1.54, 1.807) is 17.5 Å². The molecule has 1 aromatic rings. The highest BCUT2D eigenvalue weighted by molar-refractivity contribution is 7.09. The number of morpholine rings is 1. The molecular formula is C16H26N4O2S. The maximum Gasteiger partial charge on any atom is 0.315 e. The summed E-state index contributed by atoms with van der Waals surface area (Å²) in [6, 6.07) is 0.675. The Balaban J connectivity index is 1.47. The van der Waals surface area contributed by atoms with E-state index in [9.17, 15) is 4.79 Å². The van der Waals surface area contributed by atoms with Crippen LogP contribution in [-0.4, -0.2) is 54.3 Å². The van der Waals surface area contributed by atoms with Crippen molar-refractivity contribution in [3.05, 3.63) is 16.6 Å². The first-order valence-electron chi connectivity index (χ1n) is 8.42. The maximum atomic E-state index is 12.3. The molecule has 7 heteroatoms. The van der Waals surface area contributed by atoms with Gasteiger partial charge < -0.3 is 15.4 Å². The van der Waals surface area contributed by atoms with Crippen LogP contribution >= 0.6 is 11.3 Å². The summed E-state index contributed by atoms with van der Waals surface area (Å²) in [7, 11) is 0. The van der Waals surface area contributed by atoms with Crippen LogP contribution in [0.1, 0.15) is 37.7 Å². The largest absolute Gasteiger partial charge is 0.379 e. The van der Waals surface area contributed by atoms with Crippen LogP contribution in [0.3, 0.4) is 0 Å². The van der Waals surface area contributed by atoms with E-state index < -0.39 is 0 Å². The first-order chi connectivity index (χ1) is 11.1. The standard InChI is InChI=1S/C16H26N4O2S/c1-11(20-6-7-22-10-12(20)2)9-18-16(21)19-14(13-3-4-13)15-17-5-8-23-15/h5,8,11-14H,3-4,6-7,9-10H2,1-2H3,(H2,18,19,21)/t11-,12-,14-/m1/s1. The normalized spacial score (nSPS) is 24.9. The van der Waals surface area contributed by atoms with Crippen molar-refractivity contribution in [1.82, 2.24) is 20.5 Å². The number of ether oxygens (including phenoxy) is 1. The van der Waals surface area contributed by atoms with E-state index in [0.717, 1.165) is 24.8 Å². The number of carbonyl (C=O) groups is 1. The molecule has 128 valence electrons. The van der Waals surface area contributed by atoms with Crippen LogP contribution in [0, 0.1) is 5.92 Å². The molecule has 1 aliphatic heterocycles. The number of rotatable bonds is 6. The summed E-state index contributed by atoms with van der Waals surface area (Å²) in [4.78, 5) is 19.0. The van der Waals surface area contributed by atoms with Crippen LogP contribution in [0.2, 0.25) is 0 Å². The number of nitrogens with one attached hydrogen (secondary N) is 2. The lowest BCUT2D eigenvalue weighted by molar-refractivity contribution is -0.0176. The molecule has 0 unspecified atom stereocenters. The number of hydrogen-bond donors (Lipinski definition) is 2. The van der Waals surface area contributed by atoms with E-state index in [1.807, 2.05) is 5.38 Å². The molecular weight excluding hydrogens is 312 g/mol. The zero-order valence-electron chi connectivity index (χ0n) is 13.8. The predicted molar refractivity (Wildman–Crippen MR) is 90.6 cm³/mol. The van der Waals surface area contributed by atoms with Gasteiger partial charge in [0, 0.05) is 36.8 Å². The van der Waals surface area contributed by atoms with Crippen molar-refractivity contribution < 1.29 is 9.53 Å². The van der Waals surface area contributed by atoms with Crippen molar-refractivity contribution >= 4 is 17.4 Å². The van der Waals surface area contributed by atoms with Gasteiger partial charge in [0.15, 0.2) is 0 Å². The number of aromatic nitrogens is 1. The van der Waals surface area contributed by atoms with Crippen LogP contribution in [0.15, 0.2) is 11.6 Å². The highest BCUT2D eigenvalue weighted by atomic mass is 32.1. The lowest BCUT2D eigenvalue weighted by Gasteiger charge is -2.37. The molecule has 2 aliphatic rings. The van der Waals surface area contributed by atoms with Gasteiger partial charge in [-0.25, -0.2) is 9.78 Å². The lowest BCUT2D eigenvalue weighted by Crippen LogP contribution is -2.53. The summed E-state index contributed by atoms with van der Waals surface area (Å²) >= 11 is 1.61. The molecule has 1 aliphatic carbocycles. The number of urea groups is 1. The summed E-state index contributed by atoms with van der Waals surface area (Å²) < 4.78 is 5.47. The van der Waals surface area contributed by atoms with Crippen LogP contribution in [0.25, 0.3) is 0 Å². The summed E-state index contributed by atoms with van der Waals surface area (Å²) in [6.45, 7) is 7.43. The van der Waals surface area contributed by atoms with Crippen molar-refractivity contribution in [3.63, 3.8) is 0 Å². The van der Waals surface area contributed by atoms with Gasteiger partial charge in [-0.1, -0.05) is 0 Å². The molecule has 0 bridgehead atoms. The van der Waals surface area contributed by atoms with E-state index in [2.05, 4.69) is 34.4 Å². The van der Waals surface area contributed by atoms with Gasteiger partial charge in [0.2, 0.25) is 0 Å². The average molecular weight is 338 g/mol. The van der Waals surface area contributed by atoms with Crippen LogP contribution < -0.4 is 10.6 Å². The van der Waals surface area contributed by atoms with Crippen molar-refractivity contribution in [2.75, 3.05) is 26.3 Å². The van der Waals surface area contributed by atoms with E-state index in [1.165, 1.54) is 12.8 Å². The Bertz CT molecular complexity index is 506. The van der Waals surface area contributed by atoms with Gasteiger partial charge in [0.05, 0.1) is 19.3 Å². The van der Waals surface area contributed by atoms with Crippen molar-refractivity contribution in [2.45, 2.75) is 44.8 Å². The fraction of sp³-hybridized carbons (Fsp3) is 0.750. The minimum atomic E-state index is -0.0927. The third kappa shape index (κ3) is 4.43. The van der Waals surface area contributed by atoms with Gasteiger partial charge >= 0.3 is 6.03 Å². The molecule has 1 saturated heterocycles. The van der Waals surface area contributed by atoms with Crippen molar-refractivity contribution in [2.24, 2.45) is 5.92 Å². The molecule has 1 saturated carbocycles. The summed E-state index contributed by atoms with van der Waals surface area (Å²) in [5.74, 6) is 0.545. The van der Waals surface area contributed by atoms with Crippen LogP contribution in [0.4, 0.5) is 4.79 Å². The zero-order valence-corrected chi connectivity index (χ0v) is 14.6. The van der Waals surface area contributed by atoms with E-state index >= 15 is 0 Å². The summed E-state index contributed by atoms with van der Waals surface area (Å²) in [6.07, 6.45) is 4.15. The molecule has 0 radical (unpaired) electrons. The lowest BCUT2D eigenvalue weighted by atomic mass is 10.2. The molecule has 2 N–H and O–H groups in total. The highest BCUT2D eigenvalue weighted by Gasteiger charge is 2.35. The smallest absolute Gasteiger partial charge is 0.315 e. The molecule has 3 rings (SSSR count). The predicted octanol–water partition coefficient (Wildman–Crippen LogP) is 2.00. The second kappa shape index (κ2) is 7.59. The first kappa shape index (κ1) is 16.7. The van der Waals surface area contributed by atoms with Crippen LogP contribution in [0.5, 0.6) is 0 Å². The Hall–Kier alpha value is -1.18. The molecule has 0 spiro atoms. The molecule has 6 nitrogen and oxygen atoms in total. The molecule has 2 fully saturated rings. The quantitative estimate of drug-likeness (QED) is 0.833. The summed E-state index contributed by atoms with van der Waals surface area (Å²) in [5, 5.41) is 9.10. The van der Waals surface area contributed by atoms with Gasteiger partial charge in [0.1, 0.15) is 5.01 Å². The number of hydrogen-bond acceptors (Lipinski definition) is 5. The average Bonchev–Trinajstić information content (AvgIpc) is 3.24. The number of thiazole rings is 1. The monoisotopic (exact) mass is 338 g/mol. The Kier molecular flexibility index (Phi) is 5.50. The Morgan fingerprint density at radius 2 is 2.39 bits per heavy atom. The summed E-state index contributed by atoms with van der Waals surface area (Å²) in [5.41, 5.74) is 0. The fourth-order valence-corrected chi connectivity index (χ4v) is 3.92. The minimum absolute atomic E-state index is 0.0626. The topological polar surface area (TPSA) is 66.5 Å². The second-order valence-electron chi connectivity index (χ2n) is 6.55. The van der Waals surface area contributed by atoms with Gasteiger partial charge in [0.25, 0.3) is 0 Å². The van der Waals surface area contributed by atoms with E-state index in [-0.39, 0.29) is 12.1 Å². The molecule has 2 heterocycles. The number of nitrogens with zero attached hydrogens (tertiary/aromatic N) is 2. The highest BCUT2D eigenvalue weighted by Crippen LogP contribution is 2.41. The minimum Gasteiger partial charge on any atom is -0.379 e. The molecule has 2 amide bonds. The SMILES string of the molecule is C[C@H](CNC(=O)N[C@@H](c1nccs1)C1CC1)N1CCOC[C@H]1C. The third-order valence-corrected chi connectivity index (χ3v) is 5.50. The molecule has 23 heavy (non-hydrogen) atoms. The van der Waals surface area contributed by atoms with Gasteiger partial charge in [-0.05, 0) is 32.6 Å². The Morgan fingerprint density at radius 1 is 1.57 bits per heavy atom. The van der Waals surface area contributed by atoms with E-state index in [0.29, 0.717) is 24.5 Å². The van der Waals surface area contributed by atoms with Gasteiger partial charge in [-0.2, -0.15) is 0 Å². The van der Waals surface area contributed by atoms with Crippen molar-refractivity contribution in [3.8, 4) is 0 Å². The molecule has 3 atom stereocenters. The fourth-order valence-electron chi connectivity index (χ4n) is 3.14. The Labute approximate surface area is 141 Å². The van der Waals surface area contributed by atoms with Crippen molar-refractivity contribution in [1.29, 1.82) is 0 Å². The number of carbonyl (C=O) groups excluding carboxylic acids is 1.